The van der Waals surface area contributed by atoms with E-state index in [2.05, 4.69) is 5.32 Å². The van der Waals surface area contributed by atoms with Gasteiger partial charge in [-0.25, -0.2) is 4.79 Å². The summed E-state index contributed by atoms with van der Waals surface area (Å²) in [5, 5.41) is 9.97. The average Bonchev–Trinajstić information content (AvgIpc) is 2.67. The number of amides is 2. The van der Waals surface area contributed by atoms with E-state index in [-0.39, 0.29) is 11.1 Å². The molecule has 1 heterocycles. The highest BCUT2D eigenvalue weighted by atomic mass is 32.2. The van der Waals surface area contributed by atoms with E-state index in [1.54, 1.807) is 24.3 Å². The van der Waals surface area contributed by atoms with Crippen LogP contribution in [-0.2, 0) is 16.0 Å². The highest BCUT2D eigenvalue weighted by Crippen LogP contribution is 2.23. The fourth-order valence-corrected chi connectivity index (χ4v) is 2.47. The Kier molecular flexibility index (Phi) is 4.06. The van der Waals surface area contributed by atoms with Crippen LogP contribution in [0.15, 0.2) is 24.3 Å². The molecule has 1 aromatic rings. The summed E-state index contributed by atoms with van der Waals surface area (Å²) < 4.78 is 4.99. The molecular formula is C12H11NO5S. The minimum Gasteiger partial charge on any atom is -0.482 e. The molecule has 2 rings (SSSR count). The number of imide groups is 1. The van der Waals surface area contributed by atoms with E-state index in [9.17, 15) is 14.4 Å². The molecule has 1 aliphatic heterocycles. The molecule has 1 atom stereocenters. The third kappa shape index (κ3) is 3.72. The SMILES string of the molecule is O=C(O)COc1ccc(C[C@@H]2SC(=O)NC2=O)cc1. The van der Waals surface area contributed by atoms with Crippen molar-refractivity contribution in [2.45, 2.75) is 11.7 Å². The Morgan fingerprint density at radius 3 is 2.53 bits per heavy atom. The zero-order chi connectivity index (χ0) is 13.8. The number of aliphatic carboxylic acids is 1. The molecular weight excluding hydrogens is 270 g/mol. The van der Waals surface area contributed by atoms with E-state index in [0.717, 1.165) is 17.3 Å². The summed E-state index contributed by atoms with van der Waals surface area (Å²) in [7, 11) is 0. The number of carboxylic acids is 1. The predicted octanol–water partition coefficient (Wildman–Crippen LogP) is 1.04. The number of benzene rings is 1. The van der Waals surface area contributed by atoms with Crippen molar-refractivity contribution in [1.82, 2.24) is 5.32 Å². The van der Waals surface area contributed by atoms with Crippen LogP contribution in [0.4, 0.5) is 4.79 Å². The largest absolute Gasteiger partial charge is 0.482 e. The fourth-order valence-electron chi connectivity index (χ4n) is 1.61. The Morgan fingerprint density at radius 1 is 1.32 bits per heavy atom. The second kappa shape index (κ2) is 5.75. The molecule has 1 aromatic carbocycles. The van der Waals surface area contributed by atoms with Crippen molar-refractivity contribution in [3.05, 3.63) is 29.8 Å². The first-order valence-corrected chi connectivity index (χ1v) is 6.37. The van der Waals surface area contributed by atoms with Crippen molar-refractivity contribution in [2.75, 3.05) is 6.61 Å². The van der Waals surface area contributed by atoms with Crippen LogP contribution in [0.5, 0.6) is 5.75 Å². The van der Waals surface area contributed by atoms with Gasteiger partial charge in [0.05, 0.1) is 5.25 Å². The molecule has 1 aliphatic rings. The summed E-state index contributed by atoms with van der Waals surface area (Å²) in [6.45, 7) is -0.394. The molecule has 100 valence electrons. The minimum absolute atomic E-state index is 0.277. The second-order valence-electron chi connectivity index (χ2n) is 3.91. The van der Waals surface area contributed by atoms with Gasteiger partial charge in [-0.2, -0.15) is 0 Å². The van der Waals surface area contributed by atoms with Crippen LogP contribution in [0.2, 0.25) is 0 Å². The first-order chi connectivity index (χ1) is 9.04. The van der Waals surface area contributed by atoms with E-state index in [1.807, 2.05) is 0 Å². The van der Waals surface area contributed by atoms with Gasteiger partial charge >= 0.3 is 5.97 Å². The molecule has 0 aromatic heterocycles. The van der Waals surface area contributed by atoms with Gasteiger partial charge in [-0.1, -0.05) is 23.9 Å². The number of nitrogens with one attached hydrogen (secondary N) is 1. The molecule has 0 saturated carbocycles. The zero-order valence-corrected chi connectivity index (χ0v) is 10.6. The molecule has 0 spiro atoms. The van der Waals surface area contributed by atoms with Gasteiger partial charge in [-0.05, 0) is 24.1 Å². The normalized spacial score (nSPS) is 18.2. The van der Waals surface area contributed by atoms with Crippen molar-refractivity contribution >= 4 is 28.9 Å². The number of carbonyl (C=O) groups is 3. The third-order valence-corrected chi connectivity index (χ3v) is 3.46. The van der Waals surface area contributed by atoms with Gasteiger partial charge in [-0.15, -0.1) is 0 Å². The van der Waals surface area contributed by atoms with Crippen LogP contribution in [0.3, 0.4) is 0 Å². The van der Waals surface area contributed by atoms with Gasteiger partial charge in [-0.3, -0.25) is 14.9 Å². The van der Waals surface area contributed by atoms with E-state index in [0.29, 0.717) is 12.2 Å². The quantitative estimate of drug-likeness (QED) is 0.838. The van der Waals surface area contributed by atoms with E-state index < -0.39 is 17.8 Å². The maximum atomic E-state index is 11.4. The summed E-state index contributed by atoms with van der Waals surface area (Å²) in [4.78, 5) is 32.7. The van der Waals surface area contributed by atoms with Crippen molar-refractivity contribution in [3.8, 4) is 5.75 Å². The lowest BCUT2D eigenvalue weighted by Gasteiger charge is -2.07. The van der Waals surface area contributed by atoms with Gasteiger partial charge < -0.3 is 9.84 Å². The number of carbonyl (C=O) groups excluding carboxylic acids is 2. The summed E-state index contributed by atoms with van der Waals surface area (Å²) in [5.41, 5.74) is 0.880. The summed E-state index contributed by atoms with van der Waals surface area (Å²) in [6.07, 6.45) is 0.446. The molecule has 0 aliphatic carbocycles. The van der Waals surface area contributed by atoms with Crippen LogP contribution in [0.25, 0.3) is 0 Å². The second-order valence-corrected chi connectivity index (χ2v) is 5.09. The van der Waals surface area contributed by atoms with Crippen molar-refractivity contribution in [1.29, 1.82) is 0 Å². The minimum atomic E-state index is -1.04. The molecule has 0 unspecified atom stereocenters. The van der Waals surface area contributed by atoms with Gasteiger partial charge in [0.15, 0.2) is 6.61 Å². The van der Waals surface area contributed by atoms with Gasteiger partial charge in [0, 0.05) is 0 Å². The standard InChI is InChI=1S/C12H11NO5S/c14-10(15)6-18-8-3-1-7(2-4-8)5-9-11(16)13-12(17)19-9/h1-4,9H,5-6H2,(H,14,15)(H,13,16,17)/t9-/m0/s1. The number of thioether (sulfide) groups is 1. The van der Waals surface area contributed by atoms with Crippen LogP contribution >= 0.6 is 11.8 Å². The average molecular weight is 281 g/mol. The monoisotopic (exact) mass is 281 g/mol. The lowest BCUT2D eigenvalue weighted by molar-refractivity contribution is -0.139. The van der Waals surface area contributed by atoms with E-state index in [4.69, 9.17) is 9.84 Å². The van der Waals surface area contributed by atoms with Crippen LogP contribution in [0.1, 0.15) is 5.56 Å². The molecule has 1 saturated heterocycles. The van der Waals surface area contributed by atoms with E-state index in [1.165, 1.54) is 0 Å². The third-order valence-electron chi connectivity index (χ3n) is 2.47. The van der Waals surface area contributed by atoms with Crippen molar-refractivity contribution in [2.24, 2.45) is 0 Å². The topological polar surface area (TPSA) is 92.7 Å². The maximum Gasteiger partial charge on any atom is 0.341 e. The lowest BCUT2D eigenvalue weighted by Crippen LogP contribution is -2.25. The Morgan fingerprint density at radius 2 is 2.00 bits per heavy atom. The predicted molar refractivity (Wildman–Crippen MR) is 68.2 cm³/mol. The van der Waals surface area contributed by atoms with Gasteiger partial charge in [0.2, 0.25) is 5.91 Å². The number of ether oxygens (including phenoxy) is 1. The summed E-state index contributed by atoms with van der Waals surface area (Å²) >= 11 is 0.978. The summed E-state index contributed by atoms with van der Waals surface area (Å²) in [6, 6.07) is 6.76. The summed E-state index contributed by atoms with van der Waals surface area (Å²) in [5.74, 6) is -0.867. The maximum absolute atomic E-state index is 11.4. The fraction of sp³-hybridized carbons (Fsp3) is 0.250. The van der Waals surface area contributed by atoms with Crippen molar-refractivity contribution < 1.29 is 24.2 Å². The molecule has 7 heteroatoms. The Hall–Kier alpha value is -2.02. The molecule has 6 nitrogen and oxygen atoms in total. The Balaban J connectivity index is 1.93. The van der Waals surface area contributed by atoms with Crippen LogP contribution in [0, 0.1) is 0 Å². The van der Waals surface area contributed by atoms with Crippen molar-refractivity contribution in [3.63, 3.8) is 0 Å². The Labute approximate surface area is 113 Å². The first-order valence-electron chi connectivity index (χ1n) is 5.49. The van der Waals surface area contributed by atoms with E-state index >= 15 is 0 Å². The molecule has 0 radical (unpaired) electrons. The Bertz CT molecular complexity index is 513. The molecule has 0 bridgehead atoms. The first kappa shape index (κ1) is 13.4. The number of rotatable bonds is 5. The zero-order valence-electron chi connectivity index (χ0n) is 9.79. The molecule has 19 heavy (non-hydrogen) atoms. The number of carboxylic acid groups (broad SMARTS) is 1. The molecule has 2 N–H and O–H groups in total. The van der Waals surface area contributed by atoms with Gasteiger partial charge in [0.1, 0.15) is 5.75 Å². The van der Waals surface area contributed by atoms with Gasteiger partial charge in [0.25, 0.3) is 5.24 Å². The molecule has 2 amide bonds. The number of hydrogen-bond acceptors (Lipinski definition) is 5. The van der Waals surface area contributed by atoms with Crippen LogP contribution < -0.4 is 10.1 Å². The molecule has 1 fully saturated rings. The highest BCUT2D eigenvalue weighted by Gasteiger charge is 2.31. The van der Waals surface area contributed by atoms with Crippen LogP contribution in [-0.4, -0.2) is 34.1 Å². The lowest BCUT2D eigenvalue weighted by atomic mass is 10.1. The highest BCUT2D eigenvalue weighted by molar-refractivity contribution is 8.15. The smallest absolute Gasteiger partial charge is 0.341 e. The number of hydrogen-bond donors (Lipinski definition) is 2.